The first-order valence-corrected chi connectivity index (χ1v) is 6.44. The van der Waals surface area contributed by atoms with Crippen LogP contribution in [-0.2, 0) is 5.41 Å². The standard InChI is InChI=1S/C11H14N4S/c1-2-11(3-4-12-7-11)10-15-8-9(16-10)14-6-5-13-8/h5-6,12H,2-4,7H2,1H3. The van der Waals surface area contributed by atoms with Crippen LogP contribution in [0.25, 0.3) is 10.5 Å². The summed E-state index contributed by atoms with van der Waals surface area (Å²) in [5, 5.41) is 4.63. The van der Waals surface area contributed by atoms with Crippen LogP contribution in [0.3, 0.4) is 0 Å². The number of nitrogens with zero attached hydrogens (tertiary/aromatic N) is 3. The Hall–Kier alpha value is -1.07. The lowest BCUT2D eigenvalue weighted by molar-refractivity contribution is 0.452. The molecule has 1 fully saturated rings. The van der Waals surface area contributed by atoms with Gasteiger partial charge in [0.05, 0.1) is 0 Å². The first-order chi connectivity index (χ1) is 7.84. The van der Waals surface area contributed by atoms with Crippen LogP contribution in [0.4, 0.5) is 0 Å². The predicted octanol–water partition coefficient (Wildman–Crippen LogP) is 1.73. The number of rotatable bonds is 2. The molecule has 5 heteroatoms. The summed E-state index contributed by atoms with van der Waals surface area (Å²) in [5.41, 5.74) is 1.01. The molecule has 1 N–H and O–H groups in total. The van der Waals surface area contributed by atoms with E-state index >= 15 is 0 Å². The SMILES string of the molecule is CCC1(c2nc3nccnc3s2)CCNC1. The summed E-state index contributed by atoms with van der Waals surface area (Å²) in [6.45, 7) is 4.36. The molecule has 0 spiro atoms. The average molecular weight is 234 g/mol. The highest BCUT2D eigenvalue weighted by Crippen LogP contribution is 2.37. The second kappa shape index (κ2) is 3.75. The van der Waals surface area contributed by atoms with Crippen molar-refractivity contribution in [1.82, 2.24) is 20.3 Å². The lowest BCUT2D eigenvalue weighted by atomic mass is 9.85. The van der Waals surface area contributed by atoms with Gasteiger partial charge in [0.15, 0.2) is 10.5 Å². The summed E-state index contributed by atoms with van der Waals surface area (Å²) in [5.74, 6) is 0. The molecule has 2 aromatic rings. The minimum atomic E-state index is 0.215. The Labute approximate surface area is 98.1 Å². The van der Waals surface area contributed by atoms with Crippen LogP contribution in [0, 0.1) is 0 Å². The maximum absolute atomic E-state index is 4.64. The van der Waals surface area contributed by atoms with Gasteiger partial charge in [0.1, 0.15) is 5.01 Å². The van der Waals surface area contributed by atoms with Crippen LogP contribution in [0.1, 0.15) is 24.8 Å². The lowest BCUT2D eigenvalue weighted by Crippen LogP contribution is -2.27. The van der Waals surface area contributed by atoms with Crippen molar-refractivity contribution in [2.45, 2.75) is 25.2 Å². The third-order valence-electron chi connectivity index (χ3n) is 3.42. The van der Waals surface area contributed by atoms with Crippen molar-refractivity contribution in [2.24, 2.45) is 0 Å². The fourth-order valence-corrected chi connectivity index (χ4v) is 3.44. The quantitative estimate of drug-likeness (QED) is 0.859. The largest absolute Gasteiger partial charge is 0.316 e. The summed E-state index contributed by atoms with van der Waals surface area (Å²) in [6.07, 6.45) is 5.73. The molecule has 2 aromatic heterocycles. The zero-order chi connectivity index (χ0) is 11.0. The smallest absolute Gasteiger partial charge is 0.189 e. The molecule has 3 heterocycles. The van der Waals surface area contributed by atoms with Crippen LogP contribution in [0.15, 0.2) is 12.4 Å². The first-order valence-electron chi connectivity index (χ1n) is 5.63. The first kappa shape index (κ1) is 10.1. The molecule has 1 aliphatic rings. The van der Waals surface area contributed by atoms with Gasteiger partial charge in [0.25, 0.3) is 0 Å². The summed E-state index contributed by atoms with van der Waals surface area (Å²) in [4.78, 5) is 14.2. The van der Waals surface area contributed by atoms with Crippen molar-refractivity contribution >= 4 is 21.8 Å². The number of thiazole rings is 1. The Morgan fingerprint density at radius 1 is 1.44 bits per heavy atom. The van der Waals surface area contributed by atoms with Gasteiger partial charge in [-0.2, -0.15) is 0 Å². The number of hydrogen-bond donors (Lipinski definition) is 1. The normalized spacial score (nSPS) is 25.3. The van der Waals surface area contributed by atoms with Gasteiger partial charge in [-0.3, -0.25) is 0 Å². The second-order valence-electron chi connectivity index (χ2n) is 4.26. The minimum Gasteiger partial charge on any atom is -0.316 e. The summed E-state index contributed by atoms with van der Waals surface area (Å²) >= 11 is 1.69. The molecule has 4 nitrogen and oxygen atoms in total. The van der Waals surface area contributed by atoms with Crippen molar-refractivity contribution in [3.63, 3.8) is 0 Å². The van der Waals surface area contributed by atoms with Crippen LogP contribution < -0.4 is 5.32 Å². The van der Waals surface area contributed by atoms with Gasteiger partial charge in [-0.1, -0.05) is 18.3 Å². The monoisotopic (exact) mass is 234 g/mol. The van der Waals surface area contributed by atoms with E-state index in [0.29, 0.717) is 0 Å². The minimum absolute atomic E-state index is 0.215. The molecule has 1 atom stereocenters. The van der Waals surface area contributed by atoms with Crippen molar-refractivity contribution in [3.8, 4) is 0 Å². The molecule has 1 unspecified atom stereocenters. The van der Waals surface area contributed by atoms with Gasteiger partial charge >= 0.3 is 0 Å². The van der Waals surface area contributed by atoms with Gasteiger partial charge in [-0.05, 0) is 19.4 Å². The summed E-state index contributed by atoms with van der Waals surface area (Å²) < 4.78 is 0. The molecule has 0 amide bonds. The van der Waals surface area contributed by atoms with E-state index in [2.05, 4.69) is 27.2 Å². The maximum atomic E-state index is 4.64. The third kappa shape index (κ3) is 1.43. The highest BCUT2D eigenvalue weighted by Gasteiger charge is 2.37. The van der Waals surface area contributed by atoms with Crippen molar-refractivity contribution in [2.75, 3.05) is 13.1 Å². The van der Waals surface area contributed by atoms with Gasteiger partial charge in [0, 0.05) is 24.4 Å². The Morgan fingerprint density at radius 3 is 3.00 bits per heavy atom. The Morgan fingerprint density at radius 2 is 2.31 bits per heavy atom. The van der Waals surface area contributed by atoms with E-state index in [9.17, 15) is 0 Å². The number of nitrogens with one attached hydrogen (secondary N) is 1. The van der Waals surface area contributed by atoms with E-state index in [1.807, 2.05) is 0 Å². The third-order valence-corrected chi connectivity index (χ3v) is 4.62. The number of fused-ring (bicyclic) bond motifs is 1. The molecule has 0 aliphatic carbocycles. The van der Waals surface area contributed by atoms with E-state index < -0.39 is 0 Å². The number of hydrogen-bond acceptors (Lipinski definition) is 5. The van der Waals surface area contributed by atoms with Crippen LogP contribution in [0.5, 0.6) is 0 Å². The Balaban J connectivity index is 2.10. The average Bonchev–Trinajstić information content (AvgIpc) is 2.96. The highest BCUT2D eigenvalue weighted by molar-refractivity contribution is 7.18. The van der Waals surface area contributed by atoms with E-state index in [1.54, 1.807) is 23.7 Å². The molecule has 0 bridgehead atoms. The molecular formula is C11H14N4S. The van der Waals surface area contributed by atoms with E-state index in [1.165, 1.54) is 11.4 Å². The zero-order valence-electron chi connectivity index (χ0n) is 9.23. The second-order valence-corrected chi connectivity index (χ2v) is 5.24. The van der Waals surface area contributed by atoms with Crippen molar-refractivity contribution < 1.29 is 0 Å². The summed E-state index contributed by atoms with van der Waals surface area (Å²) in [6, 6.07) is 0. The molecule has 0 radical (unpaired) electrons. The highest BCUT2D eigenvalue weighted by atomic mass is 32.1. The topological polar surface area (TPSA) is 50.7 Å². The molecule has 1 aliphatic heterocycles. The molecule has 1 saturated heterocycles. The maximum Gasteiger partial charge on any atom is 0.189 e. The summed E-state index contributed by atoms with van der Waals surface area (Å²) in [7, 11) is 0. The Kier molecular flexibility index (Phi) is 2.37. The fraction of sp³-hybridized carbons (Fsp3) is 0.545. The zero-order valence-corrected chi connectivity index (χ0v) is 10.0. The van der Waals surface area contributed by atoms with Crippen molar-refractivity contribution in [3.05, 3.63) is 17.4 Å². The molecule has 84 valence electrons. The van der Waals surface area contributed by atoms with Crippen LogP contribution >= 0.6 is 11.3 Å². The fourth-order valence-electron chi connectivity index (χ4n) is 2.28. The van der Waals surface area contributed by atoms with Gasteiger partial charge in [0.2, 0.25) is 0 Å². The van der Waals surface area contributed by atoms with Crippen molar-refractivity contribution in [1.29, 1.82) is 0 Å². The van der Waals surface area contributed by atoms with E-state index in [-0.39, 0.29) is 5.41 Å². The van der Waals surface area contributed by atoms with Crippen LogP contribution in [-0.4, -0.2) is 28.0 Å². The predicted molar refractivity (Wildman–Crippen MR) is 64.7 cm³/mol. The lowest BCUT2D eigenvalue weighted by Gasteiger charge is -2.23. The van der Waals surface area contributed by atoms with Gasteiger partial charge < -0.3 is 5.32 Å². The van der Waals surface area contributed by atoms with Gasteiger partial charge in [-0.15, -0.1) is 0 Å². The molecule has 16 heavy (non-hydrogen) atoms. The van der Waals surface area contributed by atoms with E-state index in [4.69, 9.17) is 0 Å². The molecule has 0 aromatic carbocycles. The van der Waals surface area contributed by atoms with Crippen LogP contribution in [0.2, 0.25) is 0 Å². The molecular weight excluding hydrogens is 220 g/mol. The molecule has 3 rings (SSSR count). The van der Waals surface area contributed by atoms with E-state index in [0.717, 1.165) is 30.0 Å². The Bertz CT molecular complexity index is 468. The molecule has 0 saturated carbocycles. The van der Waals surface area contributed by atoms with Gasteiger partial charge in [-0.25, -0.2) is 15.0 Å². The number of aromatic nitrogens is 3.